The zero-order valence-electron chi connectivity index (χ0n) is 11.4. The number of rotatable bonds is 4. The standard InChI is InChI=1S/C14H22N4O/c1-17-5-6-18(13(8-15)10-17)9-11-3-2-4-12(7-11)14(16)19/h2-4,7,13H,5-6,8-10,15H2,1H3,(H2,16,19). The number of nitrogens with zero attached hydrogens (tertiary/aromatic N) is 2. The summed E-state index contributed by atoms with van der Waals surface area (Å²) in [5.41, 5.74) is 12.8. The van der Waals surface area contributed by atoms with Gasteiger partial charge in [-0.25, -0.2) is 0 Å². The predicted molar refractivity (Wildman–Crippen MR) is 75.7 cm³/mol. The van der Waals surface area contributed by atoms with Gasteiger partial charge >= 0.3 is 0 Å². The van der Waals surface area contributed by atoms with E-state index >= 15 is 0 Å². The third kappa shape index (κ3) is 3.53. The molecule has 1 aromatic rings. The fourth-order valence-corrected chi connectivity index (χ4v) is 2.54. The molecule has 1 atom stereocenters. The van der Waals surface area contributed by atoms with Gasteiger partial charge in [0.1, 0.15) is 0 Å². The second-order valence-corrected chi connectivity index (χ2v) is 5.19. The Hall–Kier alpha value is -1.43. The van der Waals surface area contributed by atoms with E-state index < -0.39 is 0 Å². The molecule has 0 spiro atoms. The molecule has 0 saturated carbocycles. The van der Waals surface area contributed by atoms with Crippen molar-refractivity contribution in [3.8, 4) is 0 Å². The van der Waals surface area contributed by atoms with Gasteiger partial charge in [-0.1, -0.05) is 12.1 Å². The predicted octanol–water partition coefficient (Wildman–Crippen LogP) is -0.140. The van der Waals surface area contributed by atoms with E-state index in [-0.39, 0.29) is 5.91 Å². The molecule has 104 valence electrons. The fraction of sp³-hybridized carbons (Fsp3) is 0.500. The highest BCUT2D eigenvalue weighted by molar-refractivity contribution is 5.92. The summed E-state index contributed by atoms with van der Waals surface area (Å²) in [6, 6.07) is 7.89. The van der Waals surface area contributed by atoms with Crippen molar-refractivity contribution in [2.45, 2.75) is 12.6 Å². The minimum absolute atomic E-state index is 0.371. The number of hydrogen-bond donors (Lipinski definition) is 2. The maximum atomic E-state index is 11.2. The van der Waals surface area contributed by atoms with Gasteiger partial charge in [0.2, 0.25) is 5.91 Å². The van der Waals surface area contributed by atoms with Crippen LogP contribution < -0.4 is 11.5 Å². The van der Waals surface area contributed by atoms with Crippen LogP contribution in [0.15, 0.2) is 24.3 Å². The summed E-state index contributed by atoms with van der Waals surface area (Å²) in [4.78, 5) is 15.9. The van der Waals surface area contributed by atoms with Gasteiger partial charge in [0, 0.05) is 44.3 Å². The molecule has 1 amide bonds. The van der Waals surface area contributed by atoms with E-state index in [0.29, 0.717) is 18.2 Å². The van der Waals surface area contributed by atoms with E-state index in [0.717, 1.165) is 31.7 Å². The van der Waals surface area contributed by atoms with Crippen LogP contribution in [0.4, 0.5) is 0 Å². The molecule has 2 rings (SSSR count). The Morgan fingerprint density at radius 1 is 1.42 bits per heavy atom. The molecule has 0 radical (unpaired) electrons. The Morgan fingerprint density at radius 2 is 2.21 bits per heavy atom. The summed E-state index contributed by atoms with van der Waals surface area (Å²) in [6.45, 7) is 4.51. The van der Waals surface area contributed by atoms with Crippen molar-refractivity contribution >= 4 is 5.91 Å². The molecule has 1 aliphatic rings. The second kappa shape index (κ2) is 6.14. The lowest BCUT2D eigenvalue weighted by Crippen LogP contribution is -2.54. The Labute approximate surface area is 114 Å². The molecule has 0 aromatic heterocycles. The monoisotopic (exact) mass is 262 g/mol. The van der Waals surface area contributed by atoms with Gasteiger partial charge in [-0.3, -0.25) is 9.69 Å². The van der Waals surface area contributed by atoms with Crippen molar-refractivity contribution in [3.05, 3.63) is 35.4 Å². The molecular formula is C14H22N4O. The number of nitrogens with two attached hydrogens (primary N) is 2. The van der Waals surface area contributed by atoms with Crippen LogP contribution in [-0.4, -0.2) is 55.0 Å². The summed E-state index contributed by atoms with van der Waals surface area (Å²) in [5, 5.41) is 0. The van der Waals surface area contributed by atoms with Crippen LogP contribution in [0.5, 0.6) is 0 Å². The van der Waals surface area contributed by atoms with Crippen molar-refractivity contribution < 1.29 is 4.79 Å². The molecule has 5 nitrogen and oxygen atoms in total. The highest BCUT2D eigenvalue weighted by Gasteiger charge is 2.23. The van der Waals surface area contributed by atoms with Gasteiger partial charge in [-0.05, 0) is 24.7 Å². The average molecular weight is 262 g/mol. The zero-order valence-corrected chi connectivity index (χ0v) is 11.4. The van der Waals surface area contributed by atoms with Crippen LogP contribution in [0, 0.1) is 0 Å². The number of piperazine rings is 1. The maximum Gasteiger partial charge on any atom is 0.248 e. The van der Waals surface area contributed by atoms with Gasteiger partial charge < -0.3 is 16.4 Å². The number of carbonyl (C=O) groups is 1. The summed E-state index contributed by atoms with van der Waals surface area (Å²) in [7, 11) is 2.12. The third-order valence-corrected chi connectivity index (χ3v) is 3.68. The Balaban J connectivity index is 2.07. The lowest BCUT2D eigenvalue weighted by atomic mass is 10.1. The smallest absolute Gasteiger partial charge is 0.248 e. The van der Waals surface area contributed by atoms with Gasteiger partial charge in [-0.2, -0.15) is 0 Å². The number of amides is 1. The first-order valence-corrected chi connectivity index (χ1v) is 6.61. The van der Waals surface area contributed by atoms with Gasteiger partial charge in [0.05, 0.1) is 0 Å². The molecule has 0 bridgehead atoms. The molecule has 1 aromatic carbocycles. The first kappa shape index (κ1) is 14.0. The molecule has 1 aliphatic heterocycles. The molecule has 1 fully saturated rings. The Bertz CT molecular complexity index is 449. The first-order chi connectivity index (χ1) is 9.10. The van der Waals surface area contributed by atoms with E-state index in [2.05, 4.69) is 16.8 Å². The van der Waals surface area contributed by atoms with Crippen molar-refractivity contribution in [2.24, 2.45) is 11.5 Å². The summed E-state index contributed by atoms with van der Waals surface area (Å²) in [5.74, 6) is -0.379. The minimum atomic E-state index is -0.379. The van der Waals surface area contributed by atoms with Crippen molar-refractivity contribution in [3.63, 3.8) is 0 Å². The summed E-state index contributed by atoms with van der Waals surface area (Å²) in [6.07, 6.45) is 0. The number of hydrogen-bond acceptors (Lipinski definition) is 4. The van der Waals surface area contributed by atoms with E-state index in [1.165, 1.54) is 0 Å². The van der Waals surface area contributed by atoms with Crippen molar-refractivity contribution in [2.75, 3.05) is 33.2 Å². The molecule has 5 heteroatoms. The average Bonchev–Trinajstić information content (AvgIpc) is 2.41. The van der Waals surface area contributed by atoms with Crippen LogP contribution >= 0.6 is 0 Å². The maximum absolute atomic E-state index is 11.2. The molecule has 1 saturated heterocycles. The molecule has 1 unspecified atom stereocenters. The van der Waals surface area contributed by atoms with Crippen molar-refractivity contribution in [1.29, 1.82) is 0 Å². The Kier molecular flexibility index (Phi) is 4.52. The number of primary amides is 1. The van der Waals surface area contributed by atoms with E-state index in [1.54, 1.807) is 6.07 Å². The van der Waals surface area contributed by atoms with Crippen LogP contribution in [-0.2, 0) is 6.54 Å². The molecule has 0 aliphatic carbocycles. The van der Waals surface area contributed by atoms with E-state index in [4.69, 9.17) is 11.5 Å². The lowest BCUT2D eigenvalue weighted by molar-refractivity contribution is 0.0880. The third-order valence-electron chi connectivity index (χ3n) is 3.68. The van der Waals surface area contributed by atoms with Crippen LogP contribution in [0.2, 0.25) is 0 Å². The summed E-state index contributed by atoms with van der Waals surface area (Å²) >= 11 is 0. The second-order valence-electron chi connectivity index (χ2n) is 5.19. The molecule has 1 heterocycles. The number of likely N-dealkylation sites (N-methyl/N-ethyl adjacent to an activating group) is 1. The Morgan fingerprint density at radius 3 is 2.89 bits per heavy atom. The summed E-state index contributed by atoms with van der Waals surface area (Å²) < 4.78 is 0. The van der Waals surface area contributed by atoms with Gasteiger partial charge in [0.25, 0.3) is 0 Å². The van der Waals surface area contributed by atoms with Gasteiger partial charge in [-0.15, -0.1) is 0 Å². The lowest BCUT2D eigenvalue weighted by Gasteiger charge is -2.39. The van der Waals surface area contributed by atoms with Crippen LogP contribution in [0.25, 0.3) is 0 Å². The van der Waals surface area contributed by atoms with Crippen LogP contribution in [0.3, 0.4) is 0 Å². The zero-order chi connectivity index (χ0) is 13.8. The van der Waals surface area contributed by atoms with E-state index in [9.17, 15) is 4.79 Å². The molecule has 4 N–H and O–H groups in total. The highest BCUT2D eigenvalue weighted by atomic mass is 16.1. The SMILES string of the molecule is CN1CCN(Cc2cccc(C(N)=O)c2)C(CN)C1. The molecule has 19 heavy (non-hydrogen) atoms. The quantitative estimate of drug-likeness (QED) is 0.792. The number of carbonyl (C=O) groups excluding carboxylic acids is 1. The topological polar surface area (TPSA) is 75.6 Å². The van der Waals surface area contributed by atoms with Crippen LogP contribution in [0.1, 0.15) is 15.9 Å². The first-order valence-electron chi connectivity index (χ1n) is 6.61. The van der Waals surface area contributed by atoms with Gasteiger partial charge in [0.15, 0.2) is 0 Å². The molecular weight excluding hydrogens is 240 g/mol. The van der Waals surface area contributed by atoms with Crippen molar-refractivity contribution in [1.82, 2.24) is 9.80 Å². The largest absolute Gasteiger partial charge is 0.366 e. The van der Waals surface area contributed by atoms with E-state index in [1.807, 2.05) is 18.2 Å². The minimum Gasteiger partial charge on any atom is -0.366 e. The normalized spacial score (nSPS) is 21.5. The fourth-order valence-electron chi connectivity index (χ4n) is 2.54. The number of benzene rings is 1. The highest BCUT2D eigenvalue weighted by Crippen LogP contribution is 2.14.